The van der Waals surface area contributed by atoms with Gasteiger partial charge in [-0.1, -0.05) is 6.07 Å². The Balaban J connectivity index is 1.81. The second-order valence-corrected chi connectivity index (χ2v) is 6.45. The molecule has 1 atom stereocenters. The third kappa shape index (κ3) is 3.88. The number of thiophene rings is 1. The van der Waals surface area contributed by atoms with Gasteiger partial charge < -0.3 is 10.6 Å². The maximum absolute atomic E-state index is 5.82. The molecule has 0 amide bonds. The third-order valence-electron chi connectivity index (χ3n) is 2.71. The molecule has 3 nitrogen and oxygen atoms in total. The zero-order chi connectivity index (χ0) is 13.0. The molecule has 2 aromatic rings. The normalized spacial score (nSPS) is 13.1. The first-order valence-corrected chi connectivity index (χ1v) is 7.82. The molecule has 5 heteroatoms. The first-order chi connectivity index (χ1) is 8.65. The molecule has 2 rings (SSSR count). The van der Waals surface area contributed by atoms with Gasteiger partial charge in [-0.25, -0.2) is 4.98 Å². The number of likely N-dealkylation sites (N-methyl/N-ethyl adjacent to an activating group) is 1. The van der Waals surface area contributed by atoms with Gasteiger partial charge in [0.1, 0.15) is 5.01 Å². The highest BCUT2D eigenvalue weighted by atomic mass is 32.1. The van der Waals surface area contributed by atoms with Crippen LogP contribution in [0.4, 0.5) is 0 Å². The number of thiazole rings is 1. The van der Waals surface area contributed by atoms with Crippen molar-refractivity contribution in [2.75, 3.05) is 13.6 Å². The molecular formula is C13H19N3S2. The van der Waals surface area contributed by atoms with Crippen LogP contribution in [0.15, 0.2) is 22.9 Å². The number of hydrogen-bond donors (Lipinski definition) is 1. The summed E-state index contributed by atoms with van der Waals surface area (Å²) in [5.41, 5.74) is 6.94. The Morgan fingerprint density at radius 2 is 2.28 bits per heavy atom. The molecule has 0 spiro atoms. The molecule has 0 radical (unpaired) electrons. The van der Waals surface area contributed by atoms with Crippen molar-refractivity contribution >= 4 is 22.7 Å². The zero-order valence-corrected chi connectivity index (χ0v) is 12.4. The number of rotatable bonds is 6. The van der Waals surface area contributed by atoms with Gasteiger partial charge >= 0.3 is 0 Å². The molecular weight excluding hydrogens is 262 g/mol. The van der Waals surface area contributed by atoms with E-state index < -0.39 is 0 Å². The van der Waals surface area contributed by atoms with Crippen molar-refractivity contribution in [3.8, 4) is 0 Å². The summed E-state index contributed by atoms with van der Waals surface area (Å²) in [6, 6.07) is 4.34. The Labute approximate surface area is 116 Å². The molecule has 0 aliphatic heterocycles. The summed E-state index contributed by atoms with van der Waals surface area (Å²) in [4.78, 5) is 8.30. The number of nitrogens with two attached hydrogens (primary N) is 1. The Kier molecular flexibility index (Phi) is 4.88. The van der Waals surface area contributed by atoms with E-state index in [-0.39, 0.29) is 6.04 Å². The Morgan fingerprint density at radius 1 is 1.44 bits per heavy atom. The van der Waals surface area contributed by atoms with Crippen molar-refractivity contribution in [3.63, 3.8) is 0 Å². The average molecular weight is 281 g/mol. The molecule has 0 aliphatic carbocycles. The van der Waals surface area contributed by atoms with E-state index in [4.69, 9.17) is 5.73 Å². The van der Waals surface area contributed by atoms with Crippen LogP contribution in [0.25, 0.3) is 0 Å². The van der Waals surface area contributed by atoms with E-state index in [0.29, 0.717) is 0 Å². The number of hydrogen-bond acceptors (Lipinski definition) is 5. The van der Waals surface area contributed by atoms with E-state index in [1.807, 2.05) is 18.3 Å². The molecule has 0 fully saturated rings. The van der Waals surface area contributed by atoms with E-state index >= 15 is 0 Å². The van der Waals surface area contributed by atoms with Crippen LogP contribution in [0.5, 0.6) is 0 Å². The summed E-state index contributed by atoms with van der Waals surface area (Å²) in [7, 11) is 2.14. The summed E-state index contributed by atoms with van der Waals surface area (Å²) < 4.78 is 0. The van der Waals surface area contributed by atoms with Gasteiger partial charge in [0, 0.05) is 23.3 Å². The molecule has 0 aliphatic rings. The summed E-state index contributed by atoms with van der Waals surface area (Å²) in [6.45, 7) is 3.93. The summed E-state index contributed by atoms with van der Waals surface area (Å²) in [5.74, 6) is 0. The molecule has 18 heavy (non-hydrogen) atoms. The number of aromatic nitrogens is 1. The lowest BCUT2D eigenvalue weighted by molar-refractivity contribution is 0.328. The van der Waals surface area contributed by atoms with Crippen molar-refractivity contribution in [1.29, 1.82) is 0 Å². The molecule has 0 saturated heterocycles. The van der Waals surface area contributed by atoms with Crippen LogP contribution in [-0.4, -0.2) is 23.5 Å². The lowest BCUT2D eigenvalue weighted by atomic mass is 10.3. The topological polar surface area (TPSA) is 42.1 Å². The fourth-order valence-electron chi connectivity index (χ4n) is 1.72. The summed E-state index contributed by atoms with van der Waals surface area (Å²) in [5, 5.41) is 5.27. The van der Waals surface area contributed by atoms with Gasteiger partial charge in [0.25, 0.3) is 0 Å². The monoisotopic (exact) mass is 281 g/mol. The largest absolute Gasteiger partial charge is 0.322 e. The van der Waals surface area contributed by atoms with Gasteiger partial charge in [-0.3, -0.25) is 0 Å². The minimum Gasteiger partial charge on any atom is -0.322 e. The summed E-state index contributed by atoms with van der Waals surface area (Å²) in [6.07, 6.45) is 1.11. The molecule has 2 N–H and O–H groups in total. The van der Waals surface area contributed by atoms with Crippen molar-refractivity contribution in [3.05, 3.63) is 38.5 Å². The van der Waals surface area contributed by atoms with Crippen LogP contribution in [0.1, 0.15) is 28.5 Å². The smallest absolute Gasteiger partial charge is 0.109 e. The zero-order valence-electron chi connectivity index (χ0n) is 10.8. The van der Waals surface area contributed by atoms with E-state index in [0.717, 1.165) is 30.2 Å². The van der Waals surface area contributed by atoms with Crippen LogP contribution in [0.2, 0.25) is 0 Å². The standard InChI is InChI=1S/C13H19N3S2/c1-10(14)13-15-11(9-18-13)8-16(2)6-5-12-4-3-7-17-12/h3-4,7,9-10H,5-6,8,14H2,1-2H3. The lowest BCUT2D eigenvalue weighted by Crippen LogP contribution is -2.20. The first kappa shape index (κ1) is 13.7. The van der Waals surface area contributed by atoms with E-state index in [9.17, 15) is 0 Å². The van der Waals surface area contributed by atoms with Crippen LogP contribution in [0.3, 0.4) is 0 Å². The second-order valence-electron chi connectivity index (χ2n) is 4.53. The molecule has 98 valence electrons. The quantitative estimate of drug-likeness (QED) is 0.885. The summed E-state index contributed by atoms with van der Waals surface area (Å²) >= 11 is 3.48. The van der Waals surface area contributed by atoms with Gasteiger partial charge in [0.2, 0.25) is 0 Å². The first-order valence-electron chi connectivity index (χ1n) is 6.06. The number of nitrogens with zero attached hydrogens (tertiary/aromatic N) is 2. The van der Waals surface area contributed by atoms with Crippen molar-refractivity contribution in [2.45, 2.75) is 25.9 Å². The molecule has 2 aromatic heterocycles. The Hall–Kier alpha value is -0.750. The lowest BCUT2D eigenvalue weighted by Gasteiger charge is -2.14. The highest BCUT2D eigenvalue weighted by Crippen LogP contribution is 2.17. The minimum atomic E-state index is 0.0418. The highest BCUT2D eigenvalue weighted by Gasteiger charge is 2.08. The fraction of sp³-hybridized carbons (Fsp3) is 0.462. The van der Waals surface area contributed by atoms with Gasteiger partial charge in [-0.2, -0.15) is 0 Å². The van der Waals surface area contributed by atoms with Crippen LogP contribution < -0.4 is 5.73 Å². The van der Waals surface area contributed by atoms with Crippen LogP contribution in [0, 0.1) is 0 Å². The van der Waals surface area contributed by atoms with Gasteiger partial charge in [-0.05, 0) is 31.8 Å². The van der Waals surface area contributed by atoms with Gasteiger partial charge in [0.05, 0.1) is 11.7 Å². The Bertz CT molecular complexity index is 462. The molecule has 1 unspecified atom stereocenters. The predicted molar refractivity (Wildman–Crippen MR) is 79.1 cm³/mol. The highest BCUT2D eigenvalue weighted by molar-refractivity contribution is 7.10. The van der Waals surface area contributed by atoms with Crippen molar-refractivity contribution in [2.24, 2.45) is 5.73 Å². The SMILES string of the molecule is CC(N)c1nc(CN(C)CCc2cccs2)cs1. The second kappa shape index (κ2) is 6.43. The molecule has 0 aromatic carbocycles. The van der Waals surface area contributed by atoms with Crippen LogP contribution in [-0.2, 0) is 13.0 Å². The molecule has 0 bridgehead atoms. The van der Waals surface area contributed by atoms with Gasteiger partial charge in [0.15, 0.2) is 0 Å². The van der Waals surface area contributed by atoms with E-state index in [1.165, 1.54) is 4.88 Å². The fourth-order valence-corrected chi connectivity index (χ4v) is 3.18. The molecule has 2 heterocycles. The van der Waals surface area contributed by atoms with E-state index in [2.05, 4.69) is 39.8 Å². The maximum atomic E-state index is 5.82. The predicted octanol–water partition coefficient (Wildman–Crippen LogP) is 2.90. The van der Waals surface area contributed by atoms with E-state index in [1.54, 1.807) is 11.3 Å². The third-order valence-corrected chi connectivity index (χ3v) is 4.74. The average Bonchev–Trinajstić information content (AvgIpc) is 2.96. The van der Waals surface area contributed by atoms with Crippen molar-refractivity contribution in [1.82, 2.24) is 9.88 Å². The Morgan fingerprint density at radius 3 is 2.89 bits per heavy atom. The van der Waals surface area contributed by atoms with Gasteiger partial charge in [-0.15, -0.1) is 22.7 Å². The van der Waals surface area contributed by atoms with Crippen LogP contribution >= 0.6 is 22.7 Å². The molecule has 0 saturated carbocycles. The van der Waals surface area contributed by atoms with Crippen molar-refractivity contribution < 1.29 is 0 Å². The maximum Gasteiger partial charge on any atom is 0.109 e. The minimum absolute atomic E-state index is 0.0418.